The van der Waals surface area contributed by atoms with E-state index >= 15 is 0 Å². The van der Waals surface area contributed by atoms with E-state index in [1.807, 2.05) is 13.1 Å². The molecule has 0 radical (unpaired) electrons. The summed E-state index contributed by atoms with van der Waals surface area (Å²) < 4.78 is 0. The number of hydrogen-bond donors (Lipinski definition) is 1. The molecule has 0 aliphatic carbocycles. The van der Waals surface area contributed by atoms with E-state index in [4.69, 9.17) is 0 Å². The van der Waals surface area contributed by atoms with Crippen molar-refractivity contribution in [1.82, 2.24) is 10.3 Å². The minimum atomic E-state index is 0.698. The van der Waals surface area contributed by atoms with Gasteiger partial charge in [-0.3, -0.25) is 4.98 Å². The molecule has 1 aliphatic heterocycles. The van der Waals surface area contributed by atoms with Crippen LogP contribution in [-0.4, -0.2) is 18.1 Å². The predicted molar refractivity (Wildman–Crippen MR) is 58.4 cm³/mol. The lowest BCUT2D eigenvalue weighted by Gasteiger charge is -2.29. The van der Waals surface area contributed by atoms with Crippen LogP contribution in [0.3, 0.4) is 0 Å². The van der Waals surface area contributed by atoms with Crippen LogP contribution in [-0.2, 0) is 0 Å². The van der Waals surface area contributed by atoms with Crippen LogP contribution >= 0.6 is 0 Å². The van der Waals surface area contributed by atoms with Crippen molar-refractivity contribution in [2.75, 3.05) is 13.1 Å². The summed E-state index contributed by atoms with van der Waals surface area (Å²) in [7, 11) is 0. The molecule has 1 aliphatic rings. The molecule has 1 aromatic rings. The number of nitrogens with zero attached hydrogens (tertiary/aromatic N) is 1. The van der Waals surface area contributed by atoms with Crippen LogP contribution in [0.15, 0.2) is 18.3 Å². The second-order valence-corrected chi connectivity index (χ2v) is 4.31. The van der Waals surface area contributed by atoms with Crippen molar-refractivity contribution >= 4 is 0 Å². The first-order valence-corrected chi connectivity index (χ1v) is 5.40. The van der Waals surface area contributed by atoms with Crippen LogP contribution in [0, 0.1) is 12.8 Å². The highest BCUT2D eigenvalue weighted by Crippen LogP contribution is 2.29. The topological polar surface area (TPSA) is 24.9 Å². The summed E-state index contributed by atoms with van der Waals surface area (Å²) in [6.45, 7) is 6.63. The van der Waals surface area contributed by atoms with Gasteiger partial charge in [0.15, 0.2) is 0 Å². The maximum atomic E-state index is 4.37. The first-order valence-electron chi connectivity index (χ1n) is 5.40. The minimum absolute atomic E-state index is 0.698. The van der Waals surface area contributed by atoms with Crippen LogP contribution < -0.4 is 5.32 Å². The molecule has 1 saturated heterocycles. The van der Waals surface area contributed by atoms with Crippen molar-refractivity contribution < 1.29 is 0 Å². The molecule has 2 rings (SSSR count). The Morgan fingerprint density at radius 3 is 2.93 bits per heavy atom. The number of piperidine rings is 1. The molecule has 2 unspecified atom stereocenters. The summed E-state index contributed by atoms with van der Waals surface area (Å²) in [5, 5.41) is 3.43. The first-order chi connectivity index (χ1) is 6.77. The van der Waals surface area contributed by atoms with E-state index < -0.39 is 0 Å². The highest BCUT2D eigenvalue weighted by molar-refractivity contribution is 5.19. The number of aromatic nitrogens is 1. The summed E-state index contributed by atoms with van der Waals surface area (Å²) in [6, 6.07) is 4.35. The lowest BCUT2D eigenvalue weighted by Crippen LogP contribution is -2.33. The molecule has 2 nitrogen and oxygen atoms in total. The van der Waals surface area contributed by atoms with Gasteiger partial charge in [0, 0.05) is 11.9 Å². The Kier molecular flexibility index (Phi) is 2.82. The average molecular weight is 190 g/mol. The highest BCUT2D eigenvalue weighted by atomic mass is 14.9. The largest absolute Gasteiger partial charge is 0.316 e. The maximum Gasteiger partial charge on any atom is 0.0372 e. The van der Waals surface area contributed by atoms with Gasteiger partial charge in [-0.2, -0.15) is 0 Å². The van der Waals surface area contributed by atoms with Gasteiger partial charge in [0.2, 0.25) is 0 Å². The molecule has 76 valence electrons. The third kappa shape index (κ3) is 1.95. The molecular formula is C12H18N2. The Labute approximate surface area is 85.7 Å². The fourth-order valence-electron chi connectivity index (χ4n) is 2.21. The molecule has 0 saturated carbocycles. The lowest BCUT2D eigenvalue weighted by atomic mass is 9.83. The summed E-state index contributed by atoms with van der Waals surface area (Å²) in [5.74, 6) is 1.43. The van der Waals surface area contributed by atoms with E-state index in [2.05, 4.69) is 29.4 Å². The Hall–Kier alpha value is -0.890. The molecule has 1 aromatic heterocycles. The van der Waals surface area contributed by atoms with Gasteiger partial charge < -0.3 is 5.32 Å². The van der Waals surface area contributed by atoms with Crippen LogP contribution in [0.2, 0.25) is 0 Å². The van der Waals surface area contributed by atoms with E-state index in [9.17, 15) is 0 Å². The van der Waals surface area contributed by atoms with E-state index in [0.717, 1.165) is 24.7 Å². The van der Waals surface area contributed by atoms with Crippen molar-refractivity contribution in [3.63, 3.8) is 0 Å². The van der Waals surface area contributed by atoms with Gasteiger partial charge in [-0.15, -0.1) is 0 Å². The van der Waals surface area contributed by atoms with Crippen LogP contribution in [0.4, 0.5) is 0 Å². The molecule has 2 atom stereocenters. The molecule has 0 amide bonds. The van der Waals surface area contributed by atoms with Gasteiger partial charge in [0.1, 0.15) is 0 Å². The predicted octanol–water partition coefficient (Wildman–Crippen LogP) is 2.10. The maximum absolute atomic E-state index is 4.37. The molecule has 2 heterocycles. The molecule has 1 fully saturated rings. The average Bonchev–Trinajstić information content (AvgIpc) is 2.20. The highest BCUT2D eigenvalue weighted by Gasteiger charge is 2.22. The van der Waals surface area contributed by atoms with E-state index in [-0.39, 0.29) is 0 Å². The Bertz CT molecular complexity index is 292. The third-order valence-electron chi connectivity index (χ3n) is 3.15. The first kappa shape index (κ1) is 9.66. The van der Waals surface area contributed by atoms with Gasteiger partial charge in [-0.1, -0.05) is 13.0 Å². The fourth-order valence-corrected chi connectivity index (χ4v) is 2.21. The standard InChI is InChI=1S/C12H18N2/c1-9-7-13-6-5-12(9)11-4-3-10(2)14-8-11/h3-4,8-9,12-13H,5-7H2,1-2H3. The van der Waals surface area contributed by atoms with Crippen molar-refractivity contribution in [3.8, 4) is 0 Å². The molecule has 1 N–H and O–H groups in total. The molecule has 2 heteroatoms. The zero-order valence-corrected chi connectivity index (χ0v) is 8.96. The molecular weight excluding hydrogens is 172 g/mol. The second-order valence-electron chi connectivity index (χ2n) is 4.31. The van der Waals surface area contributed by atoms with Crippen molar-refractivity contribution in [3.05, 3.63) is 29.6 Å². The van der Waals surface area contributed by atoms with Crippen molar-refractivity contribution in [1.29, 1.82) is 0 Å². The monoisotopic (exact) mass is 190 g/mol. The van der Waals surface area contributed by atoms with Gasteiger partial charge in [-0.05, 0) is 49.9 Å². The minimum Gasteiger partial charge on any atom is -0.316 e. The van der Waals surface area contributed by atoms with E-state index in [1.54, 1.807) is 0 Å². The molecule has 0 aromatic carbocycles. The summed E-state index contributed by atoms with van der Waals surface area (Å²) in [6.07, 6.45) is 3.29. The number of aryl methyl sites for hydroxylation is 1. The summed E-state index contributed by atoms with van der Waals surface area (Å²) in [5.41, 5.74) is 2.51. The Morgan fingerprint density at radius 1 is 1.43 bits per heavy atom. The number of nitrogens with one attached hydrogen (secondary N) is 1. The van der Waals surface area contributed by atoms with Gasteiger partial charge in [-0.25, -0.2) is 0 Å². The fraction of sp³-hybridized carbons (Fsp3) is 0.583. The van der Waals surface area contributed by atoms with Crippen molar-refractivity contribution in [2.24, 2.45) is 5.92 Å². The van der Waals surface area contributed by atoms with Crippen LogP contribution in [0.5, 0.6) is 0 Å². The number of pyridine rings is 1. The Balaban J connectivity index is 2.16. The van der Waals surface area contributed by atoms with Crippen molar-refractivity contribution in [2.45, 2.75) is 26.2 Å². The van der Waals surface area contributed by atoms with Crippen LogP contribution in [0.1, 0.15) is 30.5 Å². The number of rotatable bonds is 1. The molecule has 0 bridgehead atoms. The normalized spacial score (nSPS) is 27.6. The van der Waals surface area contributed by atoms with E-state index in [1.165, 1.54) is 12.0 Å². The lowest BCUT2D eigenvalue weighted by molar-refractivity contribution is 0.349. The van der Waals surface area contributed by atoms with Crippen LogP contribution in [0.25, 0.3) is 0 Å². The zero-order chi connectivity index (χ0) is 9.97. The van der Waals surface area contributed by atoms with Gasteiger partial charge in [0.25, 0.3) is 0 Å². The van der Waals surface area contributed by atoms with Gasteiger partial charge >= 0.3 is 0 Å². The van der Waals surface area contributed by atoms with E-state index in [0.29, 0.717) is 5.92 Å². The molecule has 0 spiro atoms. The molecule has 14 heavy (non-hydrogen) atoms. The third-order valence-corrected chi connectivity index (χ3v) is 3.15. The summed E-state index contributed by atoms with van der Waals surface area (Å²) in [4.78, 5) is 4.37. The smallest absolute Gasteiger partial charge is 0.0372 e. The quantitative estimate of drug-likeness (QED) is 0.733. The second kappa shape index (κ2) is 4.09. The number of hydrogen-bond acceptors (Lipinski definition) is 2. The SMILES string of the molecule is Cc1ccc(C2CCNCC2C)cn1. The zero-order valence-electron chi connectivity index (χ0n) is 8.96. The van der Waals surface area contributed by atoms with Gasteiger partial charge in [0.05, 0.1) is 0 Å². The summed E-state index contributed by atoms with van der Waals surface area (Å²) >= 11 is 0. The Morgan fingerprint density at radius 2 is 2.29 bits per heavy atom.